The van der Waals surface area contributed by atoms with E-state index >= 15 is 0 Å². The number of carbonyl (C=O) groups is 1. The molecule has 1 amide bonds. The summed E-state index contributed by atoms with van der Waals surface area (Å²) in [5, 5.41) is 3.10. The molecule has 2 aromatic carbocycles. The summed E-state index contributed by atoms with van der Waals surface area (Å²) < 4.78 is 30.8. The fraction of sp³-hybridized carbons (Fsp3) is 0.400. The highest BCUT2D eigenvalue weighted by Crippen LogP contribution is 2.24. The molecule has 4 rings (SSSR count). The number of hydrogen-bond donors (Lipinski definition) is 1. The van der Waals surface area contributed by atoms with Crippen molar-refractivity contribution < 1.29 is 17.9 Å². The van der Waals surface area contributed by atoms with Gasteiger partial charge in [-0.25, -0.2) is 8.42 Å². The van der Waals surface area contributed by atoms with Gasteiger partial charge in [0.2, 0.25) is 15.9 Å². The maximum absolute atomic E-state index is 12.4. The number of anilines is 1. The third-order valence-corrected chi connectivity index (χ3v) is 8.05. The average molecular weight is 470 g/mol. The minimum atomic E-state index is -3.18. The second-order valence-corrected chi connectivity index (χ2v) is 10.6. The first-order valence-electron chi connectivity index (χ1n) is 11.4. The Kier molecular flexibility index (Phi) is 7.35. The number of nitrogens with one attached hydrogen (secondary N) is 1. The Balaban J connectivity index is 1.23. The van der Waals surface area contributed by atoms with Gasteiger partial charge in [-0.15, -0.1) is 0 Å². The van der Waals surface area contributed by atoms with Crippen LogP contribution < -0.4 is 14.4 Å². The lowest BCUT2D eigenvalue weighted by Gasteiger charge is -2.32. The van der Waals surface area contributed by atoms with Gasteiger partial charge in [0, 0.05) is 38.3 Å². The highest BCUT2D eigenvalue weighted by Gasteiger charge is 2.28. The smallest absolute Gasteiger partial charge is 0.244 e. The second kappa shape index (κ2) is 10.4. The van der Waals surface area contributed by atoms with Crippen LogP contribution in [0.3, 0.4) is 0 Å². The first-order chi connectivity index (χ1) is 15.9. The monoisotopic (exact) mass is 469 g/mol. The molecule has 0 aromatic heterocycles. The number of carbonyl (C=O) groups excluding carboxylic acids is 1. The Morgan fingerprint density at radius 1 is 1.12 bits per heavy atom. The van der Waals surface area contributed by atoms with Gasteiger partial charge in [-0.3, -0.25) is 14.0 Å². The molecule has 2 aliphatic heterocycles. The number of rotatable bonds is 7. The fourth-order valence-corrected chi connectivity index (χ4v) is 5.93. The molecule has 0 spiro atoms. The van der Waals surface area contributed by atoms with Crippen LogP contribution in [-0.2, 0) is 21.4 Å². The summed E-state index contributed by atoms with van der Waals surface area (Å²) in [7, 11) is -1.50. The van der Waals surface area contributed by atoms with Gasteiger partial charge in [-0.1, -0.05) is 24.3 Å². The molecule has 1 N–H and O–H groups in total. The van der Waals surface area contributed by atoms with Gasteiger partial charge in [0.1, 0.15) is 5.75 Å². The lowest BCUT2D eigenvalue weighted by atomic mass is 10.0. The summed E-state index contributed by atoms with van der Waals surface area (Å²) in [6, 6.07) is 15.6. The molecule has 0 unspecified atom stereocenters. The molecule has 0 atom stereocenters. The second-order valence-electron chi connectivity index (χ2n) is 8.58. The van der Waals surface area contributed by atoms with Crippen LogP contribution in [-0.4, -0.2) is 57.8 Å². The summed E-state index contributed by atoms with van der Waals surface area (Å²) in [6.45, 7) is 3.28. The summed E-state index contributed by atoms with van der Waals surface area (Å²) in [4.78, 5) is 14.8. The van der Waals surface area contributed by atoms with Crippen LogP contribution in [0, 0.1) is 0 Å². The van der Waals surface area contributed by atoms with Crippen molar-refractivity contribution in [3.05, 3.63) is 65.7 Å². The Bertz CT molecular complexity index is 1090. The molecule has 2 fully saturated rings. The van der Waals surface area contributed by atoms with Crippen molar-refractivity contribution in [1.82, 2.24) is 10.2 Å². The lowest BCUT2D eigenvalue weighted by molar-refractivity contribution is -0.117. The van der Waals surface area contributed by atoms with E-state index in [1.165, 1.54) is 9.87 Å². The van der Waals surface area contributed by atoms with Crippen molar-refractivity contribution >= 4 is 27.7 Å². The van der Waals surface area contributed by atoms with Crippen molar-refractivity contribution in [3.63, 3.8) is 0 Å². The number of hydrogen-bond acceptors (Lipinski definition) is 5. The van der Waals surface area contributed by atoms with E-state index in [-0.39, 0.29) is 17.7 Å². The molecule has 33 heavy (non-hydrogen) atoms. The van der Waals surface area contributed by atoms with Gasteiger partial charge >= 0.3 is 0 Å². The van der Waals surface area contributed by atoms with Crippen molar-refractivity contribution in [3.8, 4) is 5.75 Å². The topological polar surface area (TPSA) is 79.0 Å². The van der Waals surface area contributed by atoms with Crippen LogP contribution in [0.15, 0.2) is 54.6 Å². The number of methoxy groups -OCH3 is 1. The average Bonchev–Trinajstić information content (AvgIpc) is 3.18. The van der Waals surface area contributed by atoms with E-state index in [1.54, 1.807) is 31.4 Å². The number of nitrogens with zero attached hydrogens (tertiary/aromatic N) is 2. The molecule has 2 aromatic rings. The highest BCUT2D eigenvalue weighted by atomic mass is 32.2. The van der Waals surface area contributed by atoms with Crippen LogP contribution in [0.1, 0.15) is 30.4 Å². The number of piperidine rings is 1. The van der Waals surface area contributed by atoms with E-state index in [1.807, 2.05) is 24.3 Å². The van der Waals surface area contributed by atoms with Crippen LogP contribution in [0.25, 0.3) is 6.08 Å². The molecule has 2 heterocycles. The first kappa shape index (κ1) is 23.3. The zero-order valence-corrected chi connectivity index (χ0v) is 19.8. The normalized spacial score (nSPS) is 19.1. The standard InChI is InChI=1S/C25H31N3O4S/c1-32-24-5-2-4-21(18-24)19-27-15-12-22(13-16-27)26-25(29)11-8-20-6-9-23(10-7-20)28-14-3-17-33(28,30)31/h2,4-11,18,22H,3,12-17,19H2,1H3,(H,26,29)/b11-8+. The molecule has 0 saturated carbocycles. The van der Waals surface area contributed by atoms with Crippen LogP contribution in [0.2, 0.25) is 0 Å². The SMILES string of the molecule is COc1cccc(CN2CCC(NC(=O)/C=C/c3ccc(N4CCCS4(=O)=O)cc3)CC2)c1. The Morgan fingerprint density at radius 2 is 1.88 bits per heavy atom. The molecule has 0 bridgehead atoms. The largest absolute Gasteiger partial charge is 0.497 e. The minimum Gasteiger partial charge on any atom is -0.497 e. The lowest BCUT2D eigenvalue weighted by Crippen LogP contribution is -2.43. The quantitative estimate of drug-likeness (QED) is 0.631. The summed E-state index contributed by atoms with van der Waals surface area (Å²) in [5.74, 6) is 0.971. The van der Waals surface area contributed by atoms with E-state index in [9.17, 15) is 13.2 Å². The van der Waals surface area contributed by atoms with Crippen LogP contribution >= 0.6 is 0 Å². The zero-order chi connectivity index (χ0) is 23.3. The molecule has 176 valence electrons. The molecule has 8 heteroatoms. The Labute approximate surface area is 196 Å². The van der Waals surface area contributed by atoms with Crippen molar-refractivity contribution in [2.24, 2.45) is 0 Å². The third kappa shape index (κ3) is 6.15. The van der Waals surface area contributed by atoms with Crippen LogP contribution in [0.4, 0.5) is 5.69 Å². The maximum Gasteiger partial charge on any atom is 0.244 e. The van der Waals surface area contributed by atoms with Gasteiger partial charge in [0.15, 0.2) is 0 Å². The van der Waals surface area contributed by atoms with E-state index in [0.29, 0.717) is 18.7 Å². The Morgan fingerprint density at radius 3 is 2.55 bits per heavy atom. The molecular weight excluding hydrogens is 438 g/mol. The summed E-state index contributed by atoms with van der Waals surface area (Å²) >= 11 is 0. The number of sulfonamides is 1. The molecule has 7 nitrogen and oxygen atoms in total. The van der Waals surface area contributed by atoms with E-state index < -0.39 is 10.0 Å². The molecular formula is C25H31N3O4S. The molecule has 2 saturated heterocycles. The maximum atomic E-state index is 12.4. The van der Waals surface area contributed by atoms with E-state index in [4.69, 9.17) is 4.74 Å². The summed E-state index contributed by atoms with van der Waals surface area (Å²) in [5.41, 5.74) is 2.77. The minimum absolute atomic E-state index is 0.104. The summed E-state index contributed by atoms with van der Waals surface area (Å²) in [6.07, 6.45) is 5.80. The van der Waals surface area contributed by atoms with Gasteiger partial charge in [-0.2, -0.15) is 0 Å². The first-order valence-corrected chi connectivity index (χ1v) is 13.0. The van der Waals surface area contributed by atoms with Crippen molar-refractivity contribution in [2.75, 3.05) is 36.8 Å². The highest BCUT2D eigenvalue weighted by molar-refractivity contribution is 7.93. The number of amides is 1. The van der Waals surface area contributed by atoms with Crippen LogP contribution in [0.5, 0.6) is 5.75 Å². The van der Waals surface area contributed by atoms with Gasteiger partial charge in [-0.05, 0) is 60.7 Å². The van der Waals surface area contributed by atoms with E-state index in [0.717, 1.165) is 43.8 Å². The number of ether oxygens (including phenoxy) is 1. The zero-order valence-electron chi connectivity index (χ0n) is 18.9. The number of benzene rings is 2. The molecule has 2 aliphatic rings. The predicted molar refractivity (Wildman–Crippen MR) is 131 cm³/mol. The van der Waals surface area contributed by atoms with Gasteiger partial charge in [0.25, 0.3) is 0 Å². The molecule has 0 aliphatic carbocycles. The van der Waals surface area contributed by atoms with Crippen molar-refractivity contribution in [1.29, 1.82) is 0 Å². The van der Waals surface area contributed by atoms with Gasteiger partial charge < -0.3 is 10.1 Å². The Hall–Kier alpha value is -2.84. The molecule has 0 radical (unpaired) electrons. The predicted octanol–water partition coefficient (Wildman–Crippen LogP) is 3.03. The third-order valence-electron chi connectivity index (χ3n) is 6.18. The van der Waals surface area contributed by atoms with Crippen molar-refractivity contribution in [2.45, 2.75) is 31.8 Å². The van der Waals surface area contributed by atoms with Gasteiger partial charge in [0.05, 0.1) is 18.6 Å². The fourth-order valence-electron chi connectivity index (χ4n) is 4.37. The number of likely N-dealkylation sites (tertiary alicyclic amines) is 1. The van der Waals surface area contributed by atoms with E-state index in [2.05, 4.69) is 22.3 Å².